The van der Waals surface area contributed by atoms with Crippen molar-refractivity contribution in [2.24, 2.45) is 0 Å². The summed E-state index contributed by atoms with van der Waals surface area (Å²) in [6, 6.07) is 10.5. The summed E-state index contributed by atoms with van der Waals surface area (Å²) in [6.45, 7) is 7.30. The van der Waals surface area contributed by atoms with E-state index in [-0.39, 0.29) is 17.9 Å². The Hall–Kier alpha value is -1.31. The van der Waals surface area contributed by atoms with E-state index in [1.807, 2.05) is 30.3 Å². The first-order chi connectivity index (χ1) is 17.3. The first-order valence-corrected chi connectivity index (χ1v) is 15.4. The minimum Gasteiger partial charge on any atom is -0.384 e. The second-order valence-electron chi connectivity index (χ2n) is 9.37. The molecule has 0 amide bonds. The fraction of sp³-hybridized carbons (Fsp3) is 0.565. The SMILES string of the molecule is Cc1ccn([C@@H]2O[C@H](COP(=O)(NCc3ccccc3)OCCSSC(C)(C)C)[C@@H](O)C2(F)F)c(=O)n1. The second-order valence-corrected chi connectivity index (χ2v) is 14.4. The van der Waals surface area contributed by atoms with Crippen molar-refractivity contribution in [1.82, 2.24) is 14.6 Å². The predicted octanol–water partition coefficient (Wildman–Crippen LogP) is 4.56. The highest BCUT2D eigenvalue weighted by atomic mass is 33.1. The zero-order valence-electron chi connectivity index (χ0n) is 21.0. The maximum Gasteiger partial charge on any atom is 0.405 e. The number of halogens is 2. The number of nitrogens with zero attached hydrogens (tertiary/aromatic N) is 2. The molecule has 2 aromatic rings. The highest BCUT2D eigenvalue weighted by Crippen LogP contribution is 2.48. The number of aliphatic hydroxyl groups excluding tert-OH is 1. The summed E-state index contributed by atoms with van der Waals surface area (Å²) < 4.78 is 60.1. The van der Waals surface area contributed by atoms with Gasteiger partial charge in [-0.15, -0.1) is 0 Å². The van der Waals surface area contributed by atoms with Crippen molar-refractivity contribution >= 4 is 29.3 Å². The Morgan fingerprint density at radius 3 is 2.59 bits per heavy atom. The van der Waals surface area contributed by atoms with Crippen molar-refractivity contribution in [1.29, 1.82) is 0 Å². The van der Waals surface area contributed by atoms with E-state index in [4.69, 9.17) is 13.8 Å². The summed E-state index contributed by atoms with van der Waals surface area (Å²) in [5.41, 5.74) is 0.217. The summed E-state index contributed by atoms with van der Waals surface area (Å²) in [6.07, 6.45) is -4.86. The monoisotopic (exact) mass is 579 g/mol. The van der Waals surface area contributed by atoms with Gasteiger partial charge in [-0.2, -0.15) is 13.8 Å². The van der Waals surface area contributed by atoms with Crippen LogP contribution in [0.15, 0.2) is 47.4 Å². The molecule has 0 spiro atoms. The van der Waals surface area contributed by atoms with Crippen LogP contribution >= 0.6 is 29.3 Å². The van der Waals surface area contributed by atoms with Gasteiger partial charge in [0.05, 0.1) is 13.2 Å². The Morgan fingerprint density at radius 2 is 1.95 bits per heavy atom. The average Bonchev–Trinajstić information content (AvgIpc) is 3.05. The quantitative estimate of drug-likeness (QED) is 0.211. The third kappa shape index (κ3) is 8.59. The Morgan fingerprint density at radius 1 is 1.24 bits per heavy atom. The molecule has 3 rings (SSSR count). The van der Waals surface area contributed by atoms with Crippen molar-refractivity contribution < 1.29 is 32.2 Å². The number of aromatic nitrogens is 2. The molecule has 0 radical (unpaired) electrons. The van der Waals surface area contributed by atoms with Gasteiger partial charge in [-0.05, 0) is 18.6 Å². The van der Waals surface area contributed by atoms with Crippen LogP contribution in [0.2, 0.25) is 0 Å². The van der Waals surface area contributed by atoms with Crippen LogP contribution in [0.3, 0.4) is 0 Å². The molecule has 1 aromatic heterocycles. The lowest BCUT2D eigenvalue weighted by molar-refractivity contribution is -0.141. The fourth-order valence-corrected chi connectivity index (χ4v) is 6.81. The molecule has 2 N–H and O–H groups in total. The van der Waals surface area contributed by atoms with Gasteiger partial charge < -0.3 is 9.84 Å². The summed E-state index contributed by atoms with van der Waals surface area (Å²) in [5.74, 6) is -3.31. The van der Waals surface area contributed by atoms with Crippen LogP contribution in [0.4, 0.5) is 8.78 Å². The largest absolute Gasteiger partial charge is 0.405 e. The molecule has 14 heteroatoms. The highest BCUT2D eigenvalue weighted by molar-refractivity contribution is 8.77. The Kier molecular flexibility index (Phi) is 10.4. The van der Waals surface area contributed by atoms with Crippen LogP contribution in [-0.2, 0) is 24.9 Å². The number of hydrogen-bond acceptors (Lipinski definition) is 9. The van der Waals surface area contributed by atoms with Crippen LogP contribution in [-0.4, -0.2) is 56.5 Å². The molecule has 4 atom stereocenters. The Balaban J connectivity index is 1.67. The fourth-order valence-electron chi connectivity index (χ4n) is 3.28. The van der Waals surface area contributed by atoms with E-state index in [2.05, 4.69) is 30.8 Å². The van der Waals surface area contributed by atoms with Crippen molar-refractivity contribution in [3.8, 4) is 0 Å². The number of ether oxygens (including phenoxy) is 1. The van der Waals surface area contributed by atoms with E-state index in [0.717, 1.165) is 11.8 Å². The molecule has 1 aliphatic heterocycles. The zero-order chi connectivity index (χ0) is 27.3. The van der Waals surface area contributed by atoms with Crippen LogP contribution in [0.25, 0.3) is 0 Å². The van der Waals surface area contributed by atoms with Gasteiger partial charge in [-0.3, -0.25) is 13.6 Å². The Labute approximate surface area is 222 Å². The van der Waals surface area contributed by atoms with Gasteiger partial charge in [-0.25, -0.2) is 14.4 Å². The van der Waals surface area contributed by atoms with E-state index < -0.39 is 44.4 Å². The smallest absolute Gasteiger partial charge is 0.384 e. The molecule has 1 aliphatic rings. The molecule has 206 valence electrons. The van der Waals surface area contributed by atoms with E-state index >= 15 is 0 Å². The molecular weight excluding hydrogens is 547 g/mol. The molecule has 1 fully saturated rings. The van der Waals surface area contributed by atoms with Gasteiger partial charge in [0.15, 0.2) is 6.10 Å². The van der Waals surface area contributed by atoms with Crippen molar-refractivity contribution in [3.63, 3.8) is 0 Å². The maximum absolute atomic E-state index is 14.9. The number of rotatable bonds is 12. The number of alkyl halides is 2. The third-order valence-electron chi connectivity index (χ3n) is 5.07. The lowest BCUT2D eigenvalue weighted by Crippen LogP contribution is -2.42. The maximum atomic E-state index is 14.9. The molecule has 0 aliphatic carbocycles. The number of hydrogen-bond donors (Lipinski definition) is 2. The highest BCUT2D eigenvalue weighted by Gasteiger charge is 2.60. The minimum absolute atomic E-state index is 0.0308. The number of aryl methyl sites for hydroxylation is 1. The number of nitrogens with one attached hydrogen (secondary N) is 1. The zero-order valence-corrected chi connectivity index (χ0v) is 23.5. The Bertz CT molecular complexity index is 1140. The van der Waals surface area contributed by atoms with Gasteiger partial charge in [0.2, 0.25) is 6.23 Å². The summed E-state index contributed by atoms with van der Waals surface area (Å²) in [4.78, 5) is 15.8. The first-order valence-electron chi connectivity index (χ1n) is 11.6. The standard InChI is InChI=1S/C23H32F2N3O6PS2/c1-16-10-11-28(21(30)27-16)20-23(24,25)19(29)18(34-20)15-33-35(31,26-14-17-8-6-5-7-9-17)32-12-13-36-37-22(2,3)4/h5-11,18-20,29H,12-15H2,1-4H3,(H,26,31)/t18-,19-,20-,35?/m1/s1. The molecule has 1 unspecified atom stereocenters. The van der Waals surface area contributed by atoms with Crippen LogP contribution in [0.5, 0.6) is 0 Å². The second kappa shape index (κ2) is 12.7. The summed E-state index contributed by atoms with van der Waals surface area (Å²) in [7, 11) is -0.795. The molecule has 0 saturated carbocycles. The van der Waals surface area contributed by atoms with Crippen LogP contribution in [0.1, 0.15) is 38.3 Å². The third-order valence-corrected chi connectivity index (χ3v) is 9.93. The lowest BCUT2D eigenvalue weighted by Gasteiger charge is -2.22. The molecule has 37 heavy (non-hydrogen) atoms. The predicted molar refractivity (Wildman–Crippen MR) is 141 cm³/mol. The normalized spacial score (nSPS) is 23.2. The average molecular weight is 580 g/mol. The number of aliphatic hydroxyl groups is 1. The van der Waals surface area contributed by atoms with Gasteiger partial charge in [0, 0.05) is 28.9 Å². The summed E-state index contributed by atoms with van der Waals surface area (Å²) in [5, 5.41) is 13.0. The lowest BCUT2D eigenvalue weighted by atomic mass is 10.1. The van der Waals surface area contributed by atoms with Gasteiger partial charge >= 0.3 is 19.4 Å². The van der Waals surface area contributed by atoms with E-state index in [1.165, 1.54) is 6.07 Å². The van der Waals surface area contributed by atoms with E-state index in [1.54, 1.807) is 28.5 Å². The van der Waals surface area contributed by atoms with Gasteiger partial charge in [0.25, 0.3) is 0 Å². The van der Waals surface area contributed by atoms with Crippen molar-refractivity contribution in [2.45, 2.75) is 63.3 Å². The topological polar surface area (TPSA) is 112 Å². The minimum atomic E-state index is -3.98. The molecule has 0 bridgehead atoms. The van der Waals surface area contributed by atoms with E-state index in [9.17, 15) is 23.2 Å². The molecule has 2 heterocycles. The van der Waals surface area contributed by atoms with Crippen LogP contribution < -0.4 is 10.8 Å². The molecule has 1 saturated heterocycles. The van der Waals surface area contributed by atoms with Crippen molar-refractivity contribution in [3.05, 3.63) is 64.3 Å². The number of benzene rings is 1. The molecule has 9 nitrogen and oxygen atoms in total. The molecule has 1 aromatic carbocycles. The first kappa shape index (κ1) is 30.2. The van der Waals surface area contributed by atoms with Crippen molar-refractivity contribution in [2.75, 3.05) is 19.0 Å². The summed E-state index contributed by atoms with van der Waals surface area (Å²) >= 11 is 0. The van der Waals surface area contributed by atoms with E-state index in [0.29, 0.717) is 16.0 Å². The van der Waals surface area contributed by atoms with Gasteiger partial charge in [0.1, 0.15) is 6.10 Å². The van der Waals surface area contributed by atoms with Gasteiger partial charge in [-0.1, -0.05) is 72.7 Å². The molecular formula is C23H32F2N3O6PS2. The van der Waals surface area contributed by atoms with Crippen LogP contribution in [0, 0.1) is 6.92 Å².